The van der Waals surface area contributed by atoms with Gasteiger partial charge >= 0.3 is 5.97 Å². The summed E-state index contributed by atoms with van der Waals surface area (Å²) < 4.78 is 12.5. The number of rotatable bonds is 2. The summed E-state index contributed by atoms with van der Waals surface area (Å²) in [5.41, 5.74) is 5.38. The van der Waals surface area contributed by atoms with Gasteiger partial charge in [0.15, 0.2) is 0 Å². The molecule has 0 saturated heterocycles. The van der Waals surface area contributed by atoms with E-state index in [1.807, 2.05) is 0 Å². The summed E-state index contributed by atoms with van der Waals surface area (Å²) in [6.45, 7) is 5.39. The molecule has 0 aliphatic rings. The highest BCUT2D eigenvalue weighted by molar-refractivity contribution is 6.30. The topological polar surface area (TPSA) is 95.9 Å². The van der Waals surface area contributed by atoms with E-state index in [9.17, 15) is 9.18 Å². The van der Waals surface area contributed by atoms with E-state index in [2.05, 4.69) is 5.16 Å². The summed E-state index contributed by atoms with van der Waals surface area (Å²) in [4.78, 5) is 10.2. The summed E-state index contributed by atoms with van der Waals surface area (Å²) in [6.07, 6.45) is 1.11. The molecule has 1 aromatic carbocycles. The summed E-state index contributed by atoms with van der Waals surface area (Å²) in [5, 5.41) is 19.5. The zero-order valence-corrected chi connectivity index (χ0v) is 12.2. The van der Waals surface area contributed by atoms with Gasteiger partial charge in [-0.3, -0.25) is 4.79 Å². The van der Waals surface area contributed by atoms with Crippen molar-refractivity contribution in [2.75, 3.05) is 0 Å². The smallest absolute Gasteiger partial charge is 0.321 e. The maximum atomic E-state index is 12.5. The number of carboxylic acids is 1. The lowest BCUT2D eigenvalue weighted by molar-refractivity contribution is -0.141. The van der Waals surface area contributed by atoms with E-state index in [4.69, 9.17) is 27.6 Å². The number of carboxylic acid groups (broad SMARTS) is 1. The first-order chi connectivity index (χ1) is 9.07. The van der Waals surface area contributed by atoms with Crippen molar-refractivity contribution < 1.29 is 19.5 Å². The predicted octanol–water partition coefficient (Wildman–Crippen LogP) is 2.73. The number of oxime groups is 1. The minimum Gasteiger partial charge on any atom is -0.480 e. The Kier molecular flexibility index (Phi) is 7.17. The second-order valence-electron chi connectivity index (χ2n) is 5.13. The molecule has 0 heterocycles. The molecule has 0 bridgehead atoms. The maximum Gasteiger partial charge on any atom is 0.321 e. The third-order valence-corrected chi connectivity index (χ3v) is 2.51. The Morgan fingerprint density at radius 3 is 2.30 bits per heavy atom. The van der Waals surface area contributed by atoms with Gasteiger partial charge in [0.25, 0.3) is 0 Å². The molecule has 0 saturated carbocycles. The predicted molar refractivity (Wildman–Crippen MR) is 75.9 cm³/mol. The molecule has 0 aliphatic heterocycles. The van der Waals surface area contributed by atoms with Crippen molar-refractivity contribution in [3.63, 3.8) is 0 Å². The molecule has 0 spiro atoms. The van der Waals surface area contributed by atoms with Crippen molar-refractivity contribution in [2.24, 2.45) is 16.3 Å². The van der Waals surface area contributed by atoms with Gasteiger partial charge in [0.1, 0.15) is 11.9 Å². The summed E-state index contributed by atoms with van der Waals surface area (Å²) >= 11 is 5.50. The first-order valence-corrected chi connectivity index (χ1v) is 6.07. The Labute approximate surface area is 121 Å². The van der Waals surface area contributed by atoms with Crippen LogP contribution in [0.5, 0.6) is 0 Å². The number of carbonyl (C=O) groups is 1. The Morgan fingerprint density at radius 1 is 1.45 bits per heavy atom. The molecule has 1 aromatic rings. The highest BCUT2D eigenvalue weighted by Gasteiger charge is 2.26. The fraction of sp³-hybridized carbons (Fsp3) is 0.385. The lowest BCUT2D eigenvalue weighted by atomic mass is 9.88. The van der Waals surface area contributed by atoms with E-state index < -0.39 is 17.8 Å². The van der Waals surface area contributed by atoms with Crippen LogP contribution < -0.4 is 5.73 Å². The molecular weight excluding hydrogens is 287 g/mol. The standard InChI is InChI=1S/C7H5ClFNO.C6H13NO2/c8-6-1-5(4-10-11)2-7(9)3-6;1-6(2,3)4(7)5(8)9/h1-4,11H;4H,7H2,1-3H3,(H,8,9). The third-order valence-electron chi connectivity index (χ3n) is 2.29. The Hall–Kier alpha value is -1.66. The number of nitrogens with zero attached hydrogens (tertiary/aromatic N) is 1. The van der Waals surface area contributed by atoms with Crippen molar-refractivity contribution >= 4 is 23.8 Å². The lowest BCUT2D eigenvalue weighted by Crippen LogP contribution is -2.41. The second-order valence-corrected chi connectivity index (χ2v) is 5.57. The molecule has 0 radical (unpaired) electrons. The van der Waals surface area contributed by atoms with Crippen molar-refractivity contribution in [2.45, 2.75) is 26.8 Å². The number of halogens is 2. The Morgan fingerprint density at radius 2 is 2.00 bits per heavy atom. The molecule has 112 valence electrons. The van der Waals surface area contributed by atoms with Crippen molar-refractivity contribution in [1.82, 2.24) is 0 Å². The lowest BCUT2D eigenvalue weighted by Gasteiger charge is -2.22. The highest BCUT2D eigenvalue weighted by atomic mass is 35.5. The molecule has 5 nitrogen and oxygen atoms in total. The van der Waals surface area contributed by atoms with Gasteiger partial charge in [-0.25, -0.2) is 4.39 Å². The van der Waals surface area contributed by atoms with Gasteiger partial charge in [0, 0.05) is 10.6 Å². The van der Waals surface area contributed by atoms with E-state index in [0.29, 0.717) is 5.56 Å². The molecule has 0 aromatic heterocycles. The zero-order chi connectivity index (χ0) is 15.9. The molecule has 0 aliphatic carbocycles. The van der Waals surface area contributed by atoms with Gasteiger partial charge in [-0.2, -0.15) is 0 Å². The molecule has 0 fully saturated rings. The number of nitrogens with two attached hydrogens (primary N) is 1. The van der Waals surface area contributed by atoms with Crippen LogP contribution in [-0.2, 0) is 4.79 Å². The van der Waals surface area contributed by atoms with Gasteiger partial charge in [-0.05, 0) is 23.6 Å². The molecule has 4 N–H and O–H groups in total. The number of aliphatic carboxylic acids is 1. The van der Waals surface area contributed by atoms with Gasteiger partial charge < -0.3 is 16.0 Å². The zero-order valence-electron chi connectivity index (χ0n) is 11.5. The van der Waals surface area contributed by atoms with E-state index in [0.717, 1.165) is 6.21 Å². The molecule has 1 atom stereocenters. The van der Waals surface area contributed by atoms with E-state index in [1.54, 1.807) is 20.8 Å². The number of hydrogen-bond donors (Lipinski definition) is 3. The van der Waals surface area contributed by atoms with Crippen LogP contribution in [0.2, 0.25) is 5.02 Å². The highest BCUT2D eigenvalue weighted by Crippen LogP contribution is 2.16. The Bertz CT molecular complexity index is 467. The van der Waals surface area contributed by atoms with Crippen LogP contribution in [0.1, 0.15) is 26.3 Å². The Balaban J connectivity index is 0.000000370. The van der Waals surface area contributed by atoms with Crippen molar-refractivity contribution in [3.8, 4) is 0 Å². The van der Waals surface area contributed by atoms with Crippen molar-refractivity contribution in [3.05, 3.63) is 34.6 Å². The van der Waals surface area contributed by atoms with Gasteiger partial charge in [0.2, 0.25) is 0 Å². The number of hydrogen-bond acceptors (Lipinski definition) is 4. The summed E-state index contributed by atoms with van der Waals surface area (Å²) in [5.74, 6) is -1.39. The van der Waals surface area contributed by atoms with Gasteiger partial charge in [0.05, 0.1) is 6.21 Å². The molecule has 7 heteroatoms. The average molecular weight is 305 g/mol. The van der Waals surface area contributed by atoms with Crippen LogP contribution in [-0.4, -0.2) is 28.5 Å². The minimum absolute atomic E-state index is 0.278. The van der Waals surface area contributed by atoms with Crippen LogP contribution in [0.4, 0.5) is 4.39 Å². The van der Waals surface area contributed by atoms with Crippen LogP contribution in [0.3, 0.4) is 0 Å². The third kappa shape index (κ3) is 7.06. The molecule has 0 amide bonds. The quantitative estimate of drug-likeness (QED) is 0.444. The number of benzene rings is 1. The summed E-state index contributed by atoms with van der Waals surface area (Å²) in [7, 11) is 0. The molecular formula is C13H18ClFN2O3. The van der Waals surface area contributed by atoms with E-state index >= 15 is 0 Å². The molecule has 1 unspecified atom stereocenters. The van der Waals surface area contributed by atoms with Gasteiger partial charge in [-0.1, -0.05) is 37.5 Å². The SMILES string of the molecule is CC(C)(C)C(N)C(=O)O.ON=Cc1cc(F)cc(Cl)c1. The van der Waals surface area contributed by atoms with Gasteiger partial charge in [-0.15, -0.1) is 0 Å². The molecule has 1 rings (SSSR count). The molecule has 20 heavy (non-hydrogen) atoms. The van der Waals surface area contributed by atoms with E-state index in [1.165, 1.54) is 18.2 Å². The van der Waals surface area contributed by atoms with Crippen LogP contribution >= 0.6 is 11.6 Å². The second kappa shape index (κ2) is 7.81. The first-order valence-electron chi connectivity index (χ1n) is 5.70. The minimum atomic E-state index is -0.942. The monoisotopic (exact) mass is 304 g/mol. The van der Waals surface area contributed by atoms with Crippen LogP contribution in [0.15, 0.2) is 23.4 Å². The maximum absolute atomic E-state index is 12.5. The first kappa shape index (κ1) is 18.3. The van der Waals surface area contributed by atoms with Crippen LogP contribution in [0.25, 0.3) is 0 Å². The van der Waals surface area contributed by atoms with E-state index in [-0.39, 0.29) is 10.4 Å². The normalized spacial score (nSPS) is 12.7. The van der Waals surface area contributed by atoms with Crippen LogP contribution in [0, 0.1) is 11.2 Å². The summed E-state index contributed by atoms with van der Waals surface area (Å²) in [6, 6.07) is 3.11. The fourth-order valence-corrected chi connectivity index (χ4v) is 1.32. The average Bonchev–Trinajstić information content (AvgIpc) is 2.26. The van der Waals surface area contributed by atoms with Crippen molar-refractivity contribution in [1.29, 1.82) is 0 Å². The fourth-order valence-electron chi connectivity index (χ4n) is 1.09. The largest absolute Gasteiger partial charge is 0.480 e.